The van der Waals surface area contributed by atoms with E-state index in [9.17, 15) is 4.79 Å². The van der Waals surface area contributed by atoms with E-state index in [0.717, 1.165) is 16.8 Å². The Balaban J connectivity index is 2.02. The molecule has 0 radical (unpaired) electrons. The highest BCUT2D eigenvalue weighted by Gasteiger charge is 2.93. The summed E-state index contributed by atoms with van der Waals surface area (Å²) in [5.41, 5.74) is -0.659. The van der Waals surface area contributed by atoms with E-state index in [4.69, 9.17) is 9.47 Å². The van der Waals surface area contributed by atoms with Gasteiger partial charge >= 0.3 is 5.97 Å². The first-order valence-corrected chi connectivity index (χ1v) is 13.9. The molecule has 3 aliphatic rings. The number of amides is 1. The van der Waals surface area contributed by atoms with E-state index in [1.165, 1.54) is 0 Å². The largest absolute Gasteiger partial charge is 0.463 e. The summed E-state index contributed by atoms with van der Waals surface area (Å²) in [7, 11) is 0. The summed E-state index contributed by atoms with van der Waals surface area (Å²) in [6, 6.07) is 19.3. The normalized spacial score (nSPS) is 28.5. The summed E-state index contributed by atoms with van der Waals surface area (Å²) in [6.45, 7) is 21.3. The molecule has 3 aliphatic heterocycles. The summed E-state index contributed by atoms with van der Waals surface area (Å²) >= 11 is 0. The fraction of sp³-hybridized carbons (Fsp3) is 0.515. The number of rotatable bonds is 4. The highest BCUT2D eigenvalue weighted by molar-refractivity contribution is 6.19. The molecule has 3 heterocycles. The number of benzene rings is 2. The maximum Gasteiger partial charge on any atom is 0.351 e. The van der Waals surface area contributed by atoms with Gasteiger partial charge in [0.1, 0.15) is 5.54 Å². The molecule has 3 unspecified atom stereocenters. The van der Waals surface area contributed by atoms with Crippen LogP contribution >= 0.6 is 0 Å². The third-order valence-electron chi connectivity index (χ3n) is 8.35. The molecule has 2 aromatic carbocycles. The maximum atomic E-state index is 15.1. The van der Waals surface area contributed by atoms with E-state index in [1.807, 2.05) is 60.7 Å². The second kappa shape index (κ2) is 8.20. The minimum Gasteiger partial charge on any atom is -0.463 e. The van der Waals surface area contributed by atoms with Crippen LogP contribution in [0.2, 0.25) is 0 Å². The van der Waals surface area contributed by atoms with E-state index < -0.39 is 34.3 Å². The number of ether oxygens (including phenoxy) is 2. The van der Waals surface area contributed by atoms with E-state index in [0.29, 0.717) is 5.69 Å². The molecule has 0 saturated carbocycles. The first-order valence-electron chi connectivity index (χ1n) is 13.9. The van der Waals surface area contributed by atoms with Crippen LogP contribution in [-0.2, 0) is 24.9 Å². The Morgan fingerprint density at radius 1 is 0.846 bits per heavy atom. The van der Waals surface area contributed by atoms with Crippen molar-refractivity contribution in [3.05, 3.63) is 77.5 Å². The molecule has 208 valence electrons. The van der Waals surface area contributed by atoms with Crippen molar-refractivity contribution in [1.82, 2.24) is 4.90 Å². The van der Waals surface area contributed by atoms with Gasteiger partial charge < -0.3 is 14.4 Å². The lowest BCUT2D eigenvalue weighted by atomic mass is 9.48. The Kier molecular flexibility index (Phi) is 5.77. The van der Waals surface area contributed by atoms with Gasteiger partial charge in [-0.25, -0.2) is 4.79 Å². The zero-order chi connectivity index (χ0) is 28.8. The van der Waals surface area contributed by atoms with Crippen LogP contribution in [0.25, 0.3) is 0 Å². The Morgan fingerprint density at radius 2 is 1.38 bits per heavy atom. The number of hydrogen-bond donors (Lipinski definition) is 0. The highest BCUT2D eigenvalue weighted by atomic mass is 16.6. The van der Waals surface area contributed by atoms with Crippen molar-refractivity contribution in [3.8, 4) is 0 Å². The number of nitrogens with zero attached hydrogens (tertiary/aromatic N) is 2. The van der Waals surface area contributed by atoms with Gasteiger partial charge in [-0.05, 0) is 35.5 Å². The average molecular weight is 531 g/mol. The van der Waals surface area contributed by atoms with Gasteiger partial charge in [0.2, 0.25) is 0 Å². The smallest absolute Gasteiger partial charge is 0.351 e. The van der Waals surface area contributed by atoms with Crippen molar-refractivity contribution in [2.45, 2.75) is 86.2 Å². The molecular weight excluding hydrogens is 488 g/mol. The molecule has 2 aromatic rings. The Labute approximate surface area is 233 Å². The molecule has 0 aliphatic carbocycles. The molecule has 6 nitrogen and oxygen atoms in total. The second-order valence-electron chi connectivity index (χ2n) is 14.0. The molecule has 39 heavy (non-hydrogen) atoms. The van der Waals surface area contributed by atoms with Gasteiger partial charge in [-0.1, -0.05) is 111 Å². The van der Waals surface area contributed by atoms with Crippen molar-refractivity contribution in [2.24, 2.45) is 16.2 Å². The van der Waals surface area contributed by atoms with Gasteiger partial charge in [-0.3, -0.25) is 9.69 Å². The Bertz CT molecular complexity index is 1350. The van der Waals surface area contributed by atoms with Crippen molar-refractivity contribution in [2.75, 3.05) is 11.5 Å². The SMILES string of the molecule is CCOC(=O)C12OC(c3ccccc3)(N(c3ccccc3)C1=O)N1C(C(C)(C)C)=C(C(C)(C)C)C12C(C)(C)C. The number of anilines is 1. The number of carbonyl (C=O) groups is 2. The maximum absolute atomic E-state index is 15.1. The van der Waals surface area contributed by atoms with E-state index in [-0.39, 0.29) is 17.4 Å². The molecule has 3 atom stereocenters. The predicted molar refractivity (Wildman–Crippen MR) is 152 cm³/mol. The third-order valence-corrected chi connectivity index (χ3v) is 8.35. The molecule has 2 fully saturated rings. The lowest BCUT2D eigenvalue weighted by Gasteiger charge is -2.71. The van der Waals surface area contributed by atoms with E-state index in [2.05, 4.69) is 67.2 Å². The summed E-state index contributed by atoms with van der Waals surface area (Å²) in [4.78, 5) is 33.5. The minimum absolute atomic E-state index is 0.141. The predicted octanol–water partition coefficient (Wildman–Crippen LogP) is 6.62. The molecule has 1 amide bonds. The van der Waals surface area contributed by atoms with Crippen LogP contribution in [0.5, 0.6) is 0 Å². The molecule has 2 bridgehead atoms. The summed E-state index contributed by atoms with van der Waals surface area (Å²) in [6.07, 6.45) is 0. The average Bonchev–Trinajstić information content (AvgIpc) is 3.20. The van der Waals surface area contributed by atoms with Crippen LogP contribution in [0, 0.1) is 16.2 Å². The van der Waals surface area contributed by atoms with Crippen LogP contribution in [0.15, 0.2) is 71.9 Å². The van der Waals surface area contributed by atoms with Gasteiger partial charge in [-0.15, -0.1) is 0 Å². The van der Waals surface area contributed by atoms with E-state index >= 15 is 4.79 Å². The molecular formula is C33H42N2O4. The van der Waals surface area contributed by atoms with Gasteiger partial charge in [-0.2, -0.15) is 0 Å². The number of esters is 1. The first-order chi connectivity index (χ1) is 18.0. The molecule has 0 aromatic heterocycles. The second-order valence-corrected chi connectivity index (χ2v) is 14.0. The zero-order valence-corrected chi connectivity index (χ0v) is 25.0. The summed E-state index contributed by atoms with van der Waals surface area (Å²) in [5, 5.41) is 0. The van der Waals surface area contributed by atoms with Crippen LogP contribution in [0.1, 0.15) is 74.8 Å². The topological polar surface area (TPSA) is 59.1 Å². The van der Waals surface area contributed by atoms with E-state index in [1.54, 1.807) is 11.8 Å². The number of fused-ring (bicyclic) bond motifs is 5. The Hall–Kier alpha value is -3.12. The lowest BCUT2D eigenvalue weighted by Crippen LogP contribution is -2.84. The van der Waals surface area contributed by atoms with Crippen molar-refractivity contribution < 1.29 is 19.1 Å². The molecule has 5 rings (SSSR count). The number of para-hydroxylation sites is 1. The highest BCUT2D eigenvalue weighted by Crippen LogP contribution is 2.77. The number of hydrogen-bond acceptors (Lipinski definition) is 5. The third kappa shape index (κ3) is 3.12. The monoisotopic (exact) mass is 530 g/mol. The van der Waals surface area contributed by atoms with Crippen LogP contribution in [-0.4, -0.2) is 34.5 Å². The first kappa shape index (κ1) is 27.4. The van der Waals surface area contributed by atoms with Gasteiger partial charge in [0.25, 0.3) is 17.4 Å². The summed E-state index contributed by atoms with van der Waals surface area (Å²) < 4.78 is 13.0. The van der Waals surface area contributed by atoms with Gasteiger partial charge in [0, 0.05) is 22.4 Å². The summed E-state index contributed by atoms with van der Waals surface area (Å²) in [5.74, 6) is -2.42. The lowest BCUT2D eigenvalue weighted by molar-refractivity contribution is -0.180. The fourth-order valence-corrected chi connectivity index (χ4v) is 7.39. The van der Waals surface area contributed by atoms with Gasteiger partial charge in [0.15, 0.2) is 0 Å². The van der Waals surface area contributed by atoms with Crippen molar-refractivity contribution in [1.29, 1.82) is 0 Å². The van der Waals surface area contributed by atoms with Crippen molar-refractivity contribution >= 4 is 17.6 Å². The van der Waals surface area contributed by atoms with Crippen molar-refractivity contribution in [3.63, 3.8) is 0 Å². The van der Waals surface area contributed by atoms with Crippen LogP contribution < -0.4 is 4.90 Å². The van der Waals surface area contributed by atoms with Gasteiger partial charge in [0.05, 0.1) is 6.61 Å². The molecule has 0 spiro atoms. The molecule has 2 saturated heterocycles. The molecule has 6 heteroatoms. The van der Waals surface area contributed by atoms with Crippen LogP contribution in [0.3, 0.4) is 0 Å². The standard InChI is InChI=1S/C33H42N2O4/c1-11-38-27(37)31-26(36)34(23-20-16-13-17-21-23)33(39-31,22-18-14-12-15-19-22)35-25(29(5,6)7)24(28(2,3)4)32(31,35)30(8,9)10/h12-21H,11H2,1-10H3. The Morgan fingerprint density at radius 3 is 1.85 bits per heavy atom. The molecule has 0 N–H and O–H groups in total. The number of carbonyl (C=O) groups excluding carboxylic acids is 2. The quantitative estimate of drug-likeness (QED) is 0.328. The zero-order valence-electron chi connectivity index (χ0n) is 25.0. The van der Waals surface area contributed by atoms with Crippen LogP contribution in [0.4, 0.5) is 5.69 Å². The fourth-order valence-electron chi connectivity index (χ4n) is 7.39. The number of allylic oxidation sites excluding steroid dienone is 1. The minimum atomic E-state index is -1.91.